The lowest BCUT2D eigenvalue weighted by molar-refractivity contribution is -0.143. The molecule has 0 atom stereocenters. The molecule has 0 radical (unpaired) electrons. The van der Waals surface area contributed by atoms with Crippen molar-refractivity contribution in [1.82, 2.24) is 4.90 Å². The SMILES string of the molecule is Cl.O=C(CN1CCC(C(=O)O)CC1)Nc1ccc(I)cc1. The number of likely N-dealkylation sites (tertiary alicyclic amines) is 1. The van der Waals surface area contributed by atoms with E-state index >= 15 is 0 Å². The molecule has 21 heavy (non-hydrogen) atoms. The average molecular weight is 425 g/mol. The van der Waals surface area contributed by atoms with Crippen LogP contribution in [0.1, 0.15) is 12.8 Å². The summed E-state index contributed by atoms with van der Waals surface area (Å²) in [5.41, 5.74) is 0.788. The summed E-state index contributed by atoms with van der Waals surface area (Å²) in [5, 5.41) is 11.8. The minimum atomic E-state index is -0.729. The summed E-state index contributed by atoms with van der Waals surface area (Å²) >= 11 is 2.21. The van der Waals surface area contributed by atoms with Crippen molar-refractivity contribution in [1.29, 1.82) is 0 Å². The van der Waals surface area contributed by atoms with Gasteiger partial charge >= 0.3 is 5.97 Å². The van der Waals surface area contributed by atoms with Gasteiger partial charge in [0.2, 0.25) is 5.91 Å². The summed E-state index contributed by atoms with van der Waals surface area (Å²) in [5.74, 6) is -1.04. The molecule has 1 aliphatic rings. The molecule has 0 aliphatic carbocycles. The van der Waals surface area contributed by atoms with Gasteiger partial charge in [0.1, 0.15) is 0 Å². The Morgan fingerprint density at radius 2 is 1.81 bits per heavy atom. The van der Waals surface area contributed by atoms with Crippen LogP contribution in [0.15, 0.2) is 24.3 Å². The van der Waals surface area contributed by atoms with Crippen LogP contribution in [0.5, 0.6) is 0 Å². The molecule has 1 saturated heterocycles. The molecule has 0 saturated carbocycles. The van der Waals surface area contributed by atoms with Crippen molar-refractivity contribution < 1.29 is 14.7 Å². The number of nitrogens with zero attached hydrogens (tertiary/aromatic N) is 1. The Kier molecular flexibility index (Phi) is 7.41. The number of carbonyl (C=O) groups excluding carboxylic acids is 1. The first-order chi connectivity index (χ1) is 9.54. The largest absolute Gasteiger partial charge is 0.481 e. The molecule has 0 bridgehead atoms. The highest BCUT2D eigenvalue weighted by Crippen LogP contribution is 2.17. The van der Waals surface area contributed by atoms with Crippen LogP contribution in [0.25, 0.3) is 0 Å². The second kappa shape index (κ2) is 8.55. The molecule has 1 aliphatic heterocycles. The molecule has 0 aromatic heterocycles. The number of nitrogens with one attached hydrogen (secondary N) is 1. The van der Waals surface area contributed by atoms with Gasteiger partial charge in [-0.3, -0.25) is 14.5 Å². The Morgan fingerprint density at radius 1 is 1.24 bits per heavy atom. The van der Waals surface area contributed by atoms with Gasteiger partial charge in [0.15, 0.2) is 0 Å². The van der Waals surface area contributed by atoms with E-state index in [1.165, 1.54) is 0 Å². The van der Waals surface area contributed by atoms with Crippen molar-refractivity contribution in [3.05, 3.63) is 27.8 Å². The summed E-state index contributed by atoms with van der Waals surface area (Å²) < 4.78 is 1.12. The number of carboxylic acids is 1. The highest BCUT2D eigenvalue weighted by atomic mass is 127. The second-order valence-corrected chi connectivity index (χ2v) is 6.19. The lowest BCUT2D eigenvalue weighted by Crippen LogP contribution is -2.40. The van der Waals surface area contributed by atoms with E-state index in [4.69, 9.17) is 5.11 Å². The van der Waals surface area contributed by atoms with Crippen LogP contribution in [0.2, 0.25) is 0 Å². The Bertz CT molecular complexity index is 487. The molecule has 1 heterocycles. The predicted molar refractivity (Wildman–Crippen MR) is 91.8 cm³/mol. The van der Waals surface area contributed by atoms with Gasteiger partial charge in [-0.25, -0.2) is 0 Å². The van der Waals surface area contributed by atoms with Gasteiger partial charge in [0, 0.05) is 9.26 Å². The molecule has 116 valence electrons. The fourth-order valence-electron chi connectivity index (χ4n) is 2.27. The van der Waals surface area contributed by atoms with Crippen LogP contribution >= 0.6 is 35.0 Å². The summed E-state index contributed by atoms with van der Waals surface area (Å²) in [6, 6.07) is 7.62. The second-order valence-electron chi connectivity index (χ2n) is 4.94. The highest BCUT2D eigenvalue weighted by molar-refractivity contribution is 14.1. The van der Waals surface area contributed by atoms with E-state index in [0.29, 0.717) is 32.5 Å². The molecule has 0 unspecified atom stereocenters. The van der Waals surface area contributed by atoms with Crippen LogP contribution in [0.4, 0.5) is 5.69 Å². The van der Waals surface area contributed by atoms with Gasteiger partial charge < -0.3 is 10.4 Å². The first kappa shape index (κ1) is 18.2. The molecule has 1 aromatic carbocycles. The van der Waals surface area contributed by atoms with E-state index < -0.39 is 5.97 Å². The van der Waals surface area contributed by atoms with Gasteiger partial charge in [-0.15, -0.1) is 12.4 Å². The van der Waals surface area contributed by atoms with Crippen molar-refractivity contribution in [3.63, 3.8) is 0 Å². The number of carbonyl (C=O) groups is 2. The van der Waals surface area contributed by atoms with Crippen molar-refractivity contribution in [3.8, 4) is 0 Å². The fourth-order valence-corrected chi connectivity index (χ4v) is 2.63. The van der Waals surface area contributed by atoms with Gasteiger partial charge in [-0.2, -0.15) is 0 Å². The van der Waals surface area contributed by atoms with Crippen molar-refractivity contribution in [2.75, 3.05) is 25.0 Å². The molecular formula is C14H18ClIN2O3. The average Bonchev–Trinajstić information content (AvgIpc) is 2.42. The molecule has 7 heteroatoms. The standard InChI is InChI=1S/C14H17IN2O3.ClH/c15-11-1-3-12(4-2-11)16-13(18)9-17-7-5-10(6-8-17)14(19)20;/h1-4,10H,5-9H2,(H,16,18)(H,19,20);1H. The molecule has 5 nitrogen and oxygen atoms in total. The zero-order valence-electron chi connectivity index (χ0n) is 11.4. The van der Waals surface area contributed by atoms with E-state index in [-0.39, 0.29) is 24.2 Å². The summed E-state index contributed by atoms with van der Waals surface area (Å²) in [6.07, 6.45) is 1.23. The summed E-state index contributed by atoms with van der Waals surface area (Å²) in [6.45, 7) is 1.65. The number of halogens is 2. The van der Waals surface area contributed by atoms with E-state index in [0.717, 1.165) is 9.26 Å². The number of aliphatic carboxylic acids is 1. The van der Waals surface area contributed by atoms with E-state index in [1.807, 2.05) is 29.2 Å². The van der Waals surface area contributed by atoms with Crippen molar-refractivity contribution >= 4 is 52.6 Å². The smallest absolute Gasteiger partial charge is 0.306 e. The zero-order valence-corrected chi connectivity index (χ0v) is 14.4. The predicted octanol–water partition coefficient (Wildman–Crippen LogP) is 2.45. The number of anilines is 1. The maximum absolute atomic E-state index is 11.9. The molecule has 0 spiro atoms. The lowest BCUT2D eigenvalue weighted by atomic mass is 9.97. The van der Waals surface area contributed by atoms with Crippen LogP contribution in [-0.4, -0.2) is 41.5 Å². The zero-order chi connectivity index (χ0) is 14.5. The number of benzene rings is 1. The minimum Gasteiger partial charge on any atom is -0.481 e. The quantitative estimate of drug-likeness (QED) is 0.729. The number of carboxylic acid groups (broad SMARTS) is 1. The number of amides is 1. The Hall–Kier alpha value is -0.860. The molecule has 2 rings (SSSR count). The van der Waals surface area contributed by atoms with Gasteiger partial charge in [0.05, 0.1) is 12.5 Å². The molecule has 1 aromatic rings. The van der Waals surface area contributed by atoms with Crippen LogP contribution < -0.4 is 5.32 Å². The summed E-state index contributed by atoms with van der Waals surface area (Å²) in [7, 11) is 0. The Labute approximate surface area is 143 Å². The lowest BCUT2D eigenvalue weighted by Gasteiger charge is -2.29. The summed E-state index contributed by atoms with van der Waals surface area (Å²) in [4.78, 5) is 24.8. The van der Waals surface area contributed by atoms with Crippen LogP contribution in [0.3, 0.4) is 0 Å². The fraction of sp³-hybridized carbons (Fsp3) is 0.429. The normalized spacial score (nSPS) is 16.0. The topological polar surface area (TPSA) is 69.6 Å². The first-order valence-corrected chi connectivity index (χ1v) is 7.63. The number of hydrogen-bond acceptors (Lipinski definition) is 3. The Balaban J connectivity index is 0.00000220. The third kappa shape index (κ3) is 5.80. The van der Waals surface area contributed by atoms with Gasteiger partial charge in [0.25, 0.3) is 0 Å². The maximum Gasteiger partial charge on any atom is 0.306 e. The minimum absolute atomic E-state index is 0. The third-order valence-corrected chi connectivity index (χ3v) is 4.15. The molecular weight excluding hydrogens is 407 g/mol. The number of hydrogen-bond donors (Lipinski definition) is 2. The van der Waals surface area contributed by atoms with E-state index in [1.54, 1.807) is 0 Å². The number of rotatable bonds is 4. The molecule has 1 fully saturated rings. The van der Waals surface area contributed by atoms with Crippen LogP contribution in [0, 0.1) is 9.49 Å². The monoisotopic (exact) mass is 424 g/mol. The molecule has 2 N–H and O–H groups in total. The van der Waals surface area contributed by atoms with Gasteiger partial charge in [-0.05, 0) is 72.8 Å². The molecule has 1 amide bonds. The van der Waals surface area contributed by atoms with Crippen LogP contribution in [-0.2, 0) is 9.59 Å². The maximum atomic E-state index is 11.9. The van der Waals surface area contributed by atoms with Crippen molar-refractivity contribution in [2.45, 2.75) is 12.8 Å². The van der Waals surface area contributed by atoms with E-state index in [2.05, 4.69) is 27.9 Å². The Morgan fingerprint density at radius 3 is 2.33 bits per heavy atom. The van der Waals surface area contributed by atoms with Crippen molar-refractivity contribution in [2.24, 2.45) is 5.92 Å². The van der Waals surface area contributed by atoms with E-state index in [9.17, 15) is 9.59 Å². The number of piperidine rings is 1. The van der Waals surface area contributed by atoms with Gasteiger partial charge in [-0.1, -0.05) is 0 Å². The third-order valence-electron chi connectivity index (χ3n) is 3.43. The highest BCUT2D eigenvalue weighted by Gasteiger charge is 2.25. The first-order valence-electron chi connectivity index (χ1n) is 6.55.